The van der Waals surface area contributed by atoms with Crippen LogP contribution in [-0.4, -0.2) is 45.1 Å². The van der Waals surface area contributed by atoms with E-state index in [0.29, 0.717) is 0 Å². The number of rotatable bonds is 5. The molecule has 1 unspecified atom stereocenters. The number of carbonyl (C=O) groups is 1. The van der Waals surface area contributed by atoms with E-state index in [1.165, 1.54) is 0 Å². The summed E-state index contributed by atoms with van der Waals surface area (Å²) >= 11 is 0. The predicted molar refractivity (Wildman–Crippen MR) is 91.6 cm³/mol. The van der Waals surface area contributed by atoms with Crippen molar-refractivity contribution in [2.45, 2.75) is 49.5 Å². The highest BCUT2D eigenvalue weighted by Gasteiger charge is 2.42. The number of halogens is 2. The molecule has 25 heavy (non-hydrogen) atoms. The van der Waals surface area contributed by atoms with Gasteiger partial charge < -0.3 is 5.32 Å². The monoisotopic (exact) mass is 374 g/mol. The summed E-state index contributed by atoms with van der Waals surface area (Å²) in [5.41, 5.74) is 0.945. The smallest absolute Gasteiger partial charge is 0.262 e. The summed E-state index contributed by atoms with van der Waals surface area (Å²) in [6.45, 7) is 5.45. The van der Waals surface area contributed by atoms with Gasteiger partial charge in [-0.25, -0.2) is 17.2 Å². The molecule has 1 atom stereocenters. The summed E-state index contributed by atoms with van der Waals surface area (Å²) < 4.78 is 50.8. The molecule has 140 valence electrons. The molecule has 1 fully saturated rings. The lowest BCUT2D eigenvalue weighted by molar-refractivity contribution is -0.123. The third kappa shape index (κ3) is 5.22. The maximum absolute atomic E-state index is 13.1. The van der Waals surface area contributed by atoms with Gasteiger partial charge in [-0.15, -0.1) is 0 Å². The third-order valence-electron chi connectivity index (χ3n) is 4.18. The van der Waals surface area contributed by atoms with Crippen LogP contribution in [0.3, 0.4) is 0 Å². The number of nitrogens with one attached hydrogen (secondary N) is 2. The summed E-state index contributed by atoms with van der Waals surface area (Å²) in [6, 6.07) is 5.67. The van der Waals surface area contributed by atoms with Gasteiger partial charge in [0.1, 0.15) is 0 Å². The Morgan fingerprint density at radius 3 is 2.36 bits per heavy atom. The first-order valence-corrected chi connectivity index (χ1v) is 9.78. The Morgan fingerprint density at radius 2 is 1.88 bits per heavy atom. The summed E-state index contributed by atoms with van der Waals surface area (Å²) in [5, 5.41) is 4.84. The van der Waals surface area contributed by atoms with Crippen LogP contribution in [0.2, 0.25) is 0 Å². The average molecular weight is 374 g/mol. The summed E-state index contributed by atoms with van der Waals surface area (Å²) in [5.74, 6) is -3.78. The minimum atomic E-state index is -3.55. The molecular formula is C17H24F2N2O3S. The molecular weight excluding hydrogens is 350 g/mol. The average Bonchev–Trinajstić information content (AvgIpc) is 2.86. The van der Waals surface area contributed by atoms with Gasteiger partial charge in [0.15, 0.2) is 9.84 Å². The van der Waals surface area contributed by atoms with Crippen molar-refractivity contribution < 1.29 is 22.0 Å². The quantitative estimate of drug-likeness (QED) is 0.825. The molecule has 5 nitrogen and oxygen atoms in total. The van der Waals surface area contributed by atoms with E-state index in [4.69, 9.17) is 0 Å². The van der Waals surface area contributed by atoms with Gasteiger partial charge in [-0.05, 0) is 23.1 Å². The molecule has 1 aromatic carbocycles. The van der Waals surface area contributed by atoms with Crippen molar-refractivity contribution in [1.82, 2.24) is 10.6 Å². The number of amides is 1. The zero-order chi connectivity index (χ0) is 18.9. The van der Waals surface area contributed by atoms with Crippen molar-refractivity contribution in [1.29, 1.82) is 0 Å². The maximum Gasteiger partial charge on any atom is 0.262 e. The second-order valence-corrected chi connectivity index (χ2v) is 9.49. The van der Waals surface area contributed by atoms with E-state index >= 15 is 0 Å². The number of sulfone groups is 1. The molecule has 0 saturated carbocycles. The molecule has 0 aliphatic carbocycles. The van der Waals surface area contributed by atoms with Crippen molar-refractivity contribution in [3.63, 3.8) is 0 Å². The highest BCUT2D eigenvalue weighted by atomic mass is 32.2. The number of carbonyl (C=O) groups excluding carboxylic acids is 1. The van der Waals surface area contributed by atoms with E-state index in [0.717, 1.165) is 5.56 Å². The van der Waals surface area contributed by atoms with Gasteiger partial charge in [-0.1, -0.05) is 32.9 Å². The van der Waals surface area contributed by atoms with Gasteiger partial charge in [0, 0.05) is 13.0 Å². The SMILES string of the molecule is CC(C)(C)c1ccc(S(=O)(=O)CCNC(=O)C2CC(F)(F)CN2)cc1. The fraction of sp³-hybridized carbons (Fsp3) is 0.588. The van der Waals surface area contributed by atoms with Crippen LogP contribution in [0.4, 0.5) is 8.78 Å². The van der Waals surface area contributed by atoms with E-state index in [-0.39, 0.29) is 22.6 Å². The van der Waals surface area contributed by atoms with Gasteiger partial charge >= 0.3 is 0 Å². The Balaban J connectivity index is 1.90. The molecule has 1 saturated heterocycles. The largest absolute Gasteiger partial charge is 0.354 e. The van der Waals surface area contributed by atoms with Crippen LogP contribution in [0.25, 0.3) is 0 Å². The van der Waals surface area contributed by atoms with E-state index in [2.05, 4.69) is 10.6 Å². The summed E-state index contributed by atoms with van der Waals surface area (Å²) in [4.78, 5) is 12.0. The number of alkyl halides is 2. The van der Waals surface area contributed by atoms with Crippen LogP contribution in [0.5, 0.6) is 0 Å². The first-order valence-electron chi connectivity index (χ1n) is 8.13. The van der Waals surface area contributed by atoms with Gasteiger partial charge in [-0.2, -0.15) is 0 Å². The highest BCUT2D eigenvalue weighted by molar-refractivity contribution is 7.91. The van der Waals surface area contributed by atoms with E-state index in [9.17, 15) is 22.0 Å². The van der Waals surface area contributed by atoms with Crippen LogP contribution in [0, 0.1) is 0 Å². The first-order chi connectivity index (χ1) is 11.4. The van der Waals surface area contributed by atoms with Crippen LogP contribution < -0.4 is 10.6 Å². The van der Waals surface area contributed by atoms with Crippen molar-refractivity contribution in [2.24, 2.45) is 0 Å². The molecule has 1 aliphatic heterocycles. The van der Waals surface area contributed by atoms with Gasteiger partial charge in [0.05, 0.1) is 23.2 Å². The lowest BCUT2D eigenvalue weighted by atomic mass is 9.87. The van der Waals surface area contributed by atoms with Gasteiger partial charge in [0.25, 0.3) is 5.92 Å². The van der Waals surface area contributed by atoms with Crippen LogP contribution in [-0.2, 0) is 20.0 Å². The molecule has 2 N–H and O–H groups in total. The van der Waals surface area contributed by atoms with Crippen molar-refractivity contribution in [2.75, 3.05) is 18.8 Å². The maximum atomic E-state index is 13.1. The molecule has 2 rings (SSSR count). The summed E-state index contributed by atoms with van der Waals surface area (Å²) in [7, 11) is -3.55. The molecule has 1 aromatic rings. The normalized spacial score (nSPS) is 20.4. The minimum absolute atomic E-state index is 0.0768. The van der Waals surface area contributed by atoms with E-state index in [1.807, 2.05) is 20.8 Å². The molecule has 0 spiro atoms. The number of hydrogen-bond acceptors (Lipinski definition) is 4. The Morgan fingerprint density at radius 1 is 1.28 bits per heavy atom. The first kappa shape index (κ1) is 19.8. The predicted octanol–water partition coefficient (Wildman–Crippen LogP) is 1.87. The second kappa shape index (κ2) is 6.99. The lowest BCUT2D eigenvalue weighted by Crippen LogP contribution is -2.42. The topological polar surface area (TPSA) is 75.3 Å². The fourth-order valence-electron chi connectivity index (χ4n) is 2.61. The molecule has 1 aliphatic rings. The molecule has 1 amide bonds. The highest BCUT2D eigenvalue weighted by Crippen LogP contribution is 2.25. The van der Waals surface area contributed by atoms with Crippen molar-refractivity contribution in [3.8, 4) is 0 Å². The Kier molecular flexibility index (Phi) is 5.53. The Hall–Kier alpha value is -1.54. The van der Waals surface area contributed by atoms with Crippen LogP contribution in [0.1, 0.15) is 32.8 Å². The zero-order valence-corrected chi connectivity index (χ0v) is 15.4. The van der Waals surface area contributed by atoms with Crippen molar-refractivity contribution >= 4 is 15.7 Å². The van der Waals surface area contributed by atoms with Gasteiger partial charge in [0.2, 0.25) is 5.91 Å². The third-order valence-corrected chi connectivity index (χ3v) is 5.91. The van der Waals surface area contributed by atoms with Crippen LogP contribution in [0.15, 0.2) is 29.2 Å². The van der Waals surface area contributed by atoms with Crippen molar-refractivity contribution in [3.05, 3.63) is 29.8 Å². The number of hydrogen-bond donors (Lipinski definition) is 2. The fourth-order valence-corrected chi connectivity index (χ4v) is 3.77. The Labute approximate surface area is 147 Å². The lowest BCUT2D eigenvalue weighted by Gasteiger charge is -2.19. The second-order valence-electron chi connectivity index (χ2n) is 7.38. The minimum Gasteiger partial charge on any atom is -0.354 e. The molecule has 0 radical (unpaired) electrons. The van der Waals surface area contributed by atoms with E-state index in [1.54, 1.807) is 24.3 Å². The molecule has 1 heterocycles. The standard InChI is InChI=1S/C17H24F2N2O3S/c1-16(2,3)12-4-6-13(7-5-12)25(23,24)9-8-20-15(22)14-10-17(18,19)11-21-14/h4-7,14,21H,8-11H2,1-3H3,(H,20,22). The molecule has 8 heteroatoms. The summed E-state index contributed by atoms with van der Waals surface area (Å²) in [6.07, 6.45) is -0.570. The Bertz CT molecular complexity index is 725. The molecule has 0 bridgehead atoms. The molecule has 0 aromatic heterocycles. The number of benzene rings is 1. The van der Waals surface area contributed by atoms with E-state index < -0.39 is 40.7 Å². The zero-order valence-electron chi connectivity index (χ0n) is 14.6. The van der Waals surface area contributed by atoms with Gasteiger partial charge in [-0.3, -0.25) is 10.1 Å². The van der Waals surface area contributed by atoms with Crippen LogP contribution >= 0.6 is 0 Å².